The van der Waals surface area contributed by atoms with Crippen LogP contribution in [0.1, 0.15) is 46.1 Å². The first kappa shape index (κ1) is 27.0. The van der Waals surface area contributed by atoms with Crippen molar-refractivity contribution in [3.05, 3.63) is 69.1 Å². The maximum Gasteiger partial charge on any atom is 0.392 e. The van der Waals surface area contributed by atoms with Crippen molar-refractivity contribution < 1.29 is 41.7 Å². The minimum Gasteiger partial charge on any atom is -0.504 e. The summed E-state index contributed by atoms with van der Waals surface area (Å²) in [6.07, 6.45) is -3.14. The fourth-order valence-corrected chi connectivity index (χ4v) is 5.87. The number of thioether (sulfide) groups is 1. The molecule has 0 aromatic heterocycles. The number of alkyl halides is 3. The summed E-state index contributed by atoms with van der Waals surface area (Å²) in [6.45, 7) is 0. The predicted octanol–water partition coefficient (Wildman–Crippen LogP) is 7.02. The molecule has 2 unspecified atom stereocenters. The van der Waals surface area contributed by atoms with Crippen LogP contribution in [0, 0.1) is 17.6 Å². The Morgan fingerprint density at radius 3 is 2.65 bits per heavy atom. The highest BCUT2D eigenvalue weighted by atomic mass is 32.2. The number of hydrogen-bond acceptors (Lipinski definition) is 7. The van der Waals surface area contributed by atoms with Crippen LogP contribution in [-0.4, -0.2) is 29.5 Å². The molecule has 2 aromatic rings. The maximum absolute atomic E-state index is 15.1. The molecule has 198 valence electrons. The molecule has 2 aromatic carbocycles. The van der Waals surface area contributed by atoms with Gasteiger partial charge in [0.05, 0.1) is 29.3 Å². The highest BCUT2D eigenvalue weighted by Gasteiger charge is 2.40. The van der Waals surface area contributed by atoms with Crippen molar-refractivity contribution in [1.82, 2.24) is 5.32 Å². The Hall–Kier alpha value is -3.06. The molecule has 37 heavy (non-hydrogen) atoms. The van der Waals surface area contributed by atoms with E-state index >= 15 is 4.39 Å². The normalized spacial score (nSPS) is 19.6. The number of aromatic carboxylic acids is 1. The molecular formula is C24H21F5N2O4S2. The Morgan fingerprint density at radius 1 is 1.27 bits per heavy atom. The minimum atomic E-state index is -4.29. The Labute approximate surface area is 217 Å². The van der Waals surface area contributed by atoms with E-state index in [1.807, 2.05) is 0 Å². The van der Waals surface area contributed by atoms with E-state index in [0.717, 1.165) is 24.1 Å². The van der Waals surface area contributed by atoms with E-state index in [9.17, 15) is 27.5 Å². The Balaban J connectivity index is 1.42. The third kappa shape index (κ3) is 5.77. The van der Waals surface area contributed by atoms with Gasteiger partial charge < -0.3 is 25.0 Å². The monoisotopic (exact) mass is 560 g/mol. The van der Waals surface area contributed by atoms with Gasteiger partial charge in [-0.15, -0.1) is 11.8 Å². The molecule has 6 nitrogen and oxygen atoms in total. The van der Waals surface area contributed by atoms with Crippen molar-refractivity contribution in [3.8, 4) is 11.5 Å². The number of carboxylic acids is 1. The van der Waals surface area contributed by atoms with Crippen molar-refractivity contribution in [1.29, 1.82) is 0 Å². The number of carbonyl (C=O) groups is 1. The smallest absolute Gasteiger partial charge is 0.392 e. The number of phenols is 1. The van der Waals surface area contributed by atoms with Crippen molar-refractivity contribution in [2.24, 2.45) is 5.92 Å². The average molecular weight is 561 g/mol. The van der Waals surface area contributed by atoms with E-state index < -0.39 is 46.4 Å². The van der Waals surface area contributed by atoms with Crippen LogP contribution in [0.15, 0.2) is 40.8 Å². The molecular weight excluding hydrogens is 539 g/mol. The van der Waals surface area contributed by atoms with Crippen LogP contribution in [0.5, 0.6) is 11.5 Å². The molecule has 1 heterocycles. The zero-order chi connectivity index (χ0) is 26.9. The number of rotatable bonds is 7. The second-order valence-corrected chi connectivity index (χ2v) is 10.1. The lowest BCUT2D eigenvalue weighted by atomic mass is 9.85. The lowest BCUT2D eigenvalue weighted by Gasteiger charge is -2.25. The fraction of sp³-hybridized carbons (Fsp3) is 0.292. The van der Waals surface area contributed by atoms with Crippen LogP contribution >= 0.6 is 23.7 Å². The number of allylic oxidation sites excluding steroid dienone is 2. The third-order valence-corrected chi connectivity index (χ3v) is 7.97. The number of aromatic hydroxyl groups is 1. The van der Waals surface area contributed by atoms with E-state index in [1.54, 1.807) is 5.41 Å². The number of phenolic OH excluding ortho intramolecular Hbond substituents is 1. The molecule has 0 spiro atoms. The average Bonchev–Trinajstić information content (AvgIpc) is 3.32. The van der Waals surface area contributed by atoms with E-state index in [4.69, 9.17) is 9.84 Å². The quantitative estimate of drug-likeness (QED) is 0.212. The topological polar surface area (TPSA) is 90.8 Å². The molecule has 0 amide bonds. The minimum absolute atomic E-state index is 0.0818. The third-order valence-electron chi connectivity index (χ3n) is 6.02. The molecule has 13 heteroatoms. The summed E-state index contributed by atoms with van der Waals surface area (Å²) in [5.41, 5.74) is 0.450. The van der Waals surface area contributed by atoms with Gasteiger partial charge in [-0.25, -0.2) is 13.6 Å². The predicted molar refractivity (Wildman–Crippen MR) is 132 cm³/mol. The largest absolute Gasteiger partial charge is 0.504 e. The van der Waals surface area contributed by atoms with Crippen molar-refractivity contribution >= 4 is 40.9 Å². The number of ether oxygens (including phenoxy) is 1. The molecule has 0 saturated carbocycles. The van der Waals surface area contributed by atoms with E-state index in [1.165, 1.54) is 37.1 Å². The van der Waals surface area contributed by atoms with Gasteiger partial charge in [0, 0.05) is 34.5 Å². The van der Waals surface area contributed by atoms with Crippen LogP contribution in [-0.2, 0) is 0 Å². The summed E-state index contributed by atoms with van der Waals surface area (Å²) in [5.74, 6) is -5.20. The summed E-state index contributed by atoms with van der Waals surface area (Å²) in [7, 11) is 1.31. The molecule has 4 rings (SSSR count). The number of halogens is 5. The van der Waals surface area contributed by atoms with E-state index in [0.29, 0.717) is 10.6 Å². The lowest BCUT2D eigenvalue weighted by Crippen LogP contribution is -2.24. The van der Waals surface area contributed by atoms with Gasteiger partial charge in [0.1, 0.15) is 16.9 Å². The molecule has 0 bridgehead atoms. The van der Waals surface area contributed by atoms with Gasteiger partial charge in [-0.3, -0.25) is 0 Å². The van der Waals surface area contributed by atoms with Gasteiger partial charge in [0.2, 0.25) is 0 Å². The second-order valence-electron chi connectivity index (χ2n) is 8.29. The van der Waals surface area contributed by atoms with E-state index in [-0.39, 0.29) is 41.8 Å². The number of benzene rings is 2. The van der Waals surface area contributed by atoms with Gasteiger partial charge >= 0.3 is 12.1 Å². The molecule has 0 radical (unpaired) electrons. The van der Waals surface area contributed by atoms with Crippen molar-refractivity contribution in [3.63, 3.8) is 0 Å². The SMILES string of the molecule is COc1cc(C(=O)O)c(F)cc1NSC1=CSC(c2ccc(C3=CCC(C(F)(F)F)CC3)c(O)c2F)N1. The van der Waals surface area contributed by atoms with Gasteiger partial charge in [-0.05, 0) is 30.9 Å². The van der Waals surface area contributed by atoms with Crippen molar-refractivity contribution in [2.75, 3.05) is 11.8 Å². The highest BCUT2D eigenvalue weighted by Crippen LogP contribution is 2.45. The number of nitrogens with one attached hydrogen (secondary N) is 2. The second kappa shape index (κ2) is 10.7. The van der Waals surface area contributed by atoms with Crippen LogP contribution < -0.4 is 14.8 Å². The Kier molecular flexibility index (Phi) is 7.83. The first-order valence-corrected chi connectivity index (χ1v) is 12.7. The van der Waals surface area contributed by atoms with Gasteiger partial charge in [0.25, 0.3) is 0 Å². The van der Waals surface area contributed by atoms with Gasteiger partial charge in [-0.1, -0.05) is 18.2 Å². The number of carboxylic acid groups (broad SMARTS) is 1. The van der Waals surface area contributed by atoms with Crippen LogP contribution in [0.2, 0.25) is 0 Å². The summed E-state index contributed by atoms with van der Waals surface area (Å²) in [6, 6.07) is 5.02. The molecule has 0 saturated heterocycles. The summed E-state index contributed by atoms with van der Waals surface area (Å²) in [4.78, 5) is 11.1. The number of hydrogen-bond donors (Lipinski definition) is 4. The van der Waals surface area contributed by atoms with Crippen LogP contribution in [0.3, 0.4) is 0 Å². The van der Waals surface area contributed by atoms with E-state index in [2.05, 4.69) is 10.0 Å². The molecule has 0 fully saturated rings. The molecule has 1 aliphatic heterocycles. The van der Waals surface area contributed by atoms with Crippen molar-refractivity contribution in [2.45, 2.75) is 30.8 Å². The number of methoxy groups -OCH3 is 1. The lowest BCUT2D eigenvalue weighted by molar-refractivity contribution is -0.175. The zero-order valence-corrected chi connectivity index (χ0v) is 20.8. The molecule has 2 aliphatic rings. The summed E-state index contributed by atoms with van der Waals surface area (Å²) < 4.78 is 75.9. The highest BCUT2D eigenvalue weighted by molar-refractivity contribution is 8.07. The Bertz CT molecular complexity index is 1280. The van der Waals surface area contributed by atoms with Gasteiger partial charge in [0.15, 0.2) is 11.6 Å². The maximum atomic E-state index is 15.1. The van der Waals surface area contributed by atoms with Gasteiger partial charge in [-0.2, -0.15) is 13.2 Å². The van der Waals surface area contributed by atoms with Crippen LogP contribution in [0.4, 0.5) is 27.6 Å². The standard InChI is InChI=1S/C24H21F5N2O4S2/c1-35-18-8-15(23(33)34)16(25)9-17(18)31-37-19-10-36-22(30-19)14-7-6-13(21(32)20(14)26)11-2-4-12(5-3-11)24(27,28)29/h2,6-10,12,22,30-32H,3-5H2,1H3,(H,33,34). The molecule has 4 N–H and O–H groups in total. The zero-order valence-electron chi connectivity index (χ0n) is 19.2. The summed E-state index contributed by atoms with van der Waals surface area (Å²) >= 11 is 2.24. The Morgan fingerprint density at radius 2 is 2.03 bits per heavy atom. The molecule has 2 atom stereocenters. The fourth-order valence-electron chi connectivity index (χ4n) is 4.03. The number of anilines is 1. The molecule has 1 aliphatic carbocycles. The van der Waals surface area contributed by atoms with Crippen LogP contribution in [0.25, 0.3) is 5.57 Å². The first-order valence-electron chi connectivity index (χ1n) is 10.9. The first-order chi connectivity index (χ1) is 17.5. The summed E-state index contributed by atoms with van der Waals surface area (Å²) in [5, 5.41) is 24.2.